The molecule has 2 amide bonds. The van der Waals surface area contributed by atoms with E-state index in [0.29, 0.717) is 10.6 Å². The Morgan fingerprint density at radius 1 is 1.20 bits per heavy atom. The monoisotopic (exact) mass is 451 g/mol. The quantitative estimate of drug-likeness (QED) is 0.543. The van der Waals surface area contributed by atoms with Gasteiger partial charge in [-0.3, -0.25) is 9.59 Å². The van der Waals surface area contributed by atoms with E-state index in [4.69, 9.17) is 10.5 Å². The zero-order chi connectivity index (χ0) is 21.9. The lowest BCUT2D eigenvalue weighted by Gasteiger charge is -2.11. The second-order valence-corrected chi connectivity index (χ2v) is 9.63. The molecule has 1 aliphatic carbocycles. The molecule has 0 radical (unpaired) electrons. The van der Waals surface area contributed by atoms with Gasteiger partial charge in [-0.05, 0) is 56.5 Å². The third-order valence-corrected chi connectivity index (χ3v) is 7.27. The molecule has 2 aromatic rings. The van der Waals surface area contributed by atoms with Gasteiger partial charge in [-0.25, -0.2) is 17.9 Å². The van der Waals surface area contributed by atoms with Crippen LogP contribution in [-0.2, 0) is 32.4 Å². The molecule has 4 N–H and O–H groups in total. The molecule has 160 valence electrons. The number of aryl methyl sites for hydroxylation is 1. The van der Waals surface area contributed by atoms with Crippen molar-refractivity contribution in [1.82, 2.24) is 4.72 Å². The highest BCUT2D eigenvalue weighted by molar-refractivity contribution is 7.89. The second kappa shape index (κ2) is 8.94. The highest BCUT2D eigenvalue weighted by Gasteiger charge is 2.25. The Labute approximate surface area is 177 Å². The fourth-order valence-corrected chi connectivity index (χ4v) is 5.29. The minimum atomic E-state index is -3.72. The predicted molar refractivity (Wildman–Crippen MR) is 111 cm³/mol. The molecule has 0 bridgehead atoms. The summed E-state index contributed by atoms with van der Waals surface area (Å²) in [5.41, 5.74) is 6.69. The van der Waals surface area contributed by atoms with E-state index in [0.717, 1.165) is 42.2 Å². The van der Waals surface area contributed by atoms with Crippen molar-refractivity contribution >= 4 is 44.1 Å². The van der Waals surface area contributed by atoms with Gasteiger partial charge in [0, 0.05) is 4.88 Å². The third-order valence-electron chi connectivity index (χ3n) is 4.65. The van der Waals surface area contributed by atoms with Gasteiger partial charge in [0.15, 0.2) is 6.61 Å². The summed E-state index contributed by atoms with van der Waals surface area (Å²) >= 11 is 1.31. The Morgan fingerprint density at radius 2 is 1.93 bits per heavy atom. The first-order valence-electron chi connectivity index (χ1n) is 9.18. The first kappa shape index (κ1) is 21.9. The van der Waals surface area contributed by atoms with E-state index in [-0.39, 0.29) is 10.5 Å². The Bertz CT molecular complexity index is 1110. The summed E-state index contributed by atoms with van der Waals surface area (Å²) in [5.74, 6) is -2.08. The van der Waals surface area contributed by atoms with E-state index in [2.05, 4.69) is 10.0 Å². The minimum absolute atomic E-state index is 0.0106. The topological polar surface area (TPSA) is 145 Å². The number of nitrogens with two attached hydrogens (primary N) is 1. The van der Waals surface area contributed by atoms with Gasteiger partial charge < -0.3 is 15.8 Å². The number of primary amides is 1. The summed E-state index contributed by atoms with van der Waals surface area (Å²) in [6, 6.07) is 5.27. The Kier molecular flexibility index (Phi) is 6.54. The number of carbonyl (C=O) groups excluding carboxylic acids is 3. The van der Waals surface area contributed by atoms with Crippen molar-refractivity contribution in [1.29, 1.82) is 0 Å². The smallest absolute Gasteiger partial charge is 0.338 e. The molecule has 0 saturated heterocycles. The number of fused-ring (bicyclic) bond motifs is 1. The fourth-order valence-electron chi connectivity index (χ4n) is 3.20. The zero-order valence-corrected chi connectivity index (χ0v) is 17.8. The summed E-state index contributed by atoms with van der Waals surface area (Å²) in [5, 5.41) is 2.96. The van der Waals surface area contributed by atoms with Gasteiger partial charge >= 0.3 is 5.97 Å². The normalized spacial score (nSPS) is 13.4. The standard InChI is InChI=1S/C19H21N3O6S2/c1-21-30(26,27)12-6-4-5-11(9-12)19(25)28-10-15(23)22-18-16(17(20)24)13-7-2-3-8-14(13)29-18/h4-6,9,21H,2-3,7-8,10H2,1H3,(H2,20,24)(H,22,23). The van der Waals surface area contributed by atoms with Crippen LogP contribution in [0.3, 0.4) is 0 Å². The third kappa shape index (κ3) is 4.69. The van der Waals surface area contributed by atoms with E-state index in [1.165, 1.54) is 36.6 Å². The lowest BCUT2D eigenvalue weighted by Crippen LogP contribution is -2.23. The van der Waals surface area contributed by atoms with Crippen LogP contribution in [0, 0.1) is 0 Å². The van der Waals surface area contributed by atoms with Crippen LogP contribution in [0.25, 0.3) is 0 Å². The van der Waals surface area contributed by atoms with Crippen LogP contribution in [0.1, 0.15) is 44.0 Å². The maximum Gasteiger partial charge on any atom is 0.338 e. The zero-order valence-electron chi connectivity index (χ0n) is 16.2. The molecule has 1 aliphatic rings. The summed E-state index contributed by atoms with van der Waals surface area (Å²) in [6.45, 7) is -0.595. The average molecular weight is 452 g/mol. The molecule has 1 aromatic carbocycles. The number of ether oxygens (including phenoxy) is 1. The summed E-state index contributed by atoms with van der Waals surface area (Å²) in [7, 11) is -2.46. The summed E-state index contributed by atoms with van der Waals surface area (Å²) in [4.78, 5) is 37.3. The van der Waals surface area contributed by atoms with E-state index in [9.17, 15) is 22.8 Å². The Morgan fingerprint density at radius 3 is 2.63 bits per heavy atom. The number of benzene rings is 1. The number of hydrogen-bond donors (Lipinski definition) is 3. The molecule has 3 rings (SSSR count). The highest BCUT2D eigenvalue weighted by atomic mass is 32.2. The lowest BCUT2D eigenvalue weighted by atomic mass is 9.95. The lowest BCUT2D eigenvalue weighted by molar-refractivity contribution is -0.119. The molecule has 0 unspecified atom stereocenters. The van der Waals surface area contributed by atoms with Gasteiger partial charge in [-0.2, -0.15) is 0 Å². The van der Waals surface area contributed by atoms with Crippen LogP contribution in [0.4, 0.5) is 5.00 Å². The molecule has 30 heavy (non-hydrogen) atoms. The predicted octanol–water partition coefficient (Wildman–Crippen LogP) is 1.43. The molecular formula is C19H21N3O6S2. The SMILES string of the molecule is CNS(=O)(=O)c1cccc(C(=O)OCC(=O)Nc2sc3c(c2C(N)=O)CCCC3)c1. The molecule has 11 heteroatoms. The van der Waals surface area contributed by atoms with E-state index < -0.39 is 34.4 Å². The largest absolute Gasteiger partial charge is 0.452 e. The first-order chi connectivity index (χ1) is 14.2. The van der Waals surface area contributed by atoms with Gasteiger partial charge in [0.2, 0.25) is 10.0 Å². The van der Waals surface area contributed by atoms with Crippen LogP contribution >= 0.6 is 11.3 Å². The molecule has 9 nitrogen and oxygen atoms in total. The maximum absolute atomic E-state index is 12.3. The van der Waals surface area contributed by atoms with Gasteiger partial charge in [0.1, 0.15) is 5.00 Å². The van der Waals surface area contributed by atoms with E-state index >= 15 is 0 Å². The van der Waals surface area contributed by atoms with Gasteiger partial charge in [0.05, 0.1) is 16.0 Å². The van der Waals surface area contributed by atoms with Gasteiger partial charge in [0.25, 0.3) is 11.8 Å². The number of sulfonamides is 1. The van der Waals surface area contributed by atoms with Crippen LogP contribution in [-0.4, -0.2) is 39.9 Å². The van der Waals surface area contributed by atoms with Crippen molar-refractivity contribution in [3.63, 3.8) is 0 Å². The Hall–Kier alpha value is -2.76. The number of amides is 2. The van der Waals surface area contributed by atoms with Crippen molar-refractivity contribution in [3.8, 4) is 0 Å². The van der Waals surface area contributed by atoms with Crippen LogP contribution in [0.15, 0.2) is 29.2 Å². The van der Waals surface area contributed by atoms with Gasteiger partial charge in [-0.15, -0.1) is 11.3 Å². The fraction of sp³-hybridized carbons (Fsp3) is 0.316. The summed E-state index contributed by atoms with van der Waals surface area (Å²) < 4.78 is 30.8. The number of carbonyl (C=O) groups is 3. The summed E-state index contributed by atoms with van der Waals surface area (Å²) in [6.07, 6.45) is 3.54. The van der Waals surface area contributed by atoms with Gasteiger partial charge in [-0.1, -0.05) is 6.07 Å². The van der Waals surface area contributed by atoms with Crippen molar-refractivity contribution in [2.75, 3.05) is 19.0 Å². The van der Waals surface area contributed by atoms with Crippen molar-refractivity contribution < 1.29 is 27.5 Å². The highest BCUT2D eigenvalue weighted by Crippen LogP contribution is 2.37. The number of nitrogens with one attached hydrogen (secondary N) is 2. The minimum Gasteiger partial charge on any atom is -0.452 e. The van der Waals surface area contributed by atoms with E-state index in [1.54, 1.807) is 0 Å². The number of anilines is 1. The van der Waals surface area contributed by atoms with Crippen LogP contribution < -0.4 is 15.8 Å². The van der Waals surface area contributed by atoms with Crippen molar-refractivity contribution in [2.45, 2.75) is 30.6 Å². The molecule has 0 spiro atoms. The number of esters is 1. The number of hydrogen-bond acceptors (Lipinski definition) is 7. The first-order valence-corrected chi connectivity index (χ1v) is 11.5. The molecule has 0 aliphatic heterocycles. The molecule has 0 saturated carbocycles. The number of rotatable bonds is 7. The van der Waals surface area contributed by atoms with Crippen LogP contribution in [0.5, 0.6) is 0 Å². The molecular weight excluding hydrogens is 430 g/mol. The molecule has 0 atom stereocenters. The maximum atomic E-state index is 12.3. The van der Waals surface area contributed by atoms with Crippen LogP contribution in [0.2, 0.25) is 0 Å². The molecule has 0 fully saturated rings. The average Bonchev–Trinajstić information content (AvgIpc) is 3.10. The van der Waals surface area contributed by atoms with Crippen molar-refractivity contribution in [2.24, 2.45) is 5.73 Å². The van der Waals surface area contributed by atoms with E-state index in [1.807, 2.05) is 0 Å². The number of thiophene rings is 1. The Balaban J connectivity index is 1.67. The van der Waals surface area contributed by atoms with Crippen molar-refractivity contribution in [3.05, 3.63) is 45.8 Å². The molecule has 1 aromatic heterocycles. The molecule has 1 heterocycles. The second-order valence-electron chi connectivity index (χ2n) is 6.64.